The van der Waals surface area contributed by atoms with Gasteiger partial charge in [0.2, 0.25) is 15.9 Å². The monoisotopic (exact) mass is 627 g/mol. The molecule has 1 aliphatic heterocycles. The molecule has 2 unspecified atom stereocenters. The molecule has 5 rings (SSSR count). The number of anilines is 1. The number of pyridine rings is 1. The first kappa shape index (κ1) is 31.5. The second-order valence-electron chi connectivity index (χ2n) is 11.0. The number of aromatic nitrogens is 1. The van der Waals surface area contributed by atoms with Crippen molar-refractivity contribution >= 4 is 27.6 Å². The summed E-state index contributed by atoms with van der Waals surface area (Å²) >= 11 is 0. The molecule has 1 saturated carbocycles. The second-order valence-corrected chi connectivity index (χ2v) is 12.8. The minimum absolute atomic E-state index is 0.0966. The van der Waals surface area contributed by atoms with Crippen molar-refractivity contribution in [2.75, 3.05) is 57.0 Å². The van der Waals surface area contributed by atoms with Crippen LogP contribution in [-0.2, 0) is 26.1 Å². The Morgan fingerprint density at radius 1 is 1.02 bits per heavy atom. The Kier molecular flexibility index (Phi) is 9.87. The van der Waals surface area contributed by atoms with Crippen LogP contribution < -0.4 is 14.9 Å². The highest BCUT2D eigenvalue weighted by Gasteiger charge is 2.45. The van der Waals surface area contributed by atoms with Crippen LogP contribution in [0.5, 0.6) is 0 Å². The van der Waals surface area contributed by atoms with Gasteiger partial charge in [0.05, 0.1) is 12.9 Å². The van der Waals surface area contributed by atoms with E-state index in [4.69, 9.17) is 0 Å². The van der Waals surface area contributed by atoms with Crippen LogP contribution in [0, 0.1) is 23.5 Å². The lowest BCUT2D eigenvalue weighted by molar-refractivity contribution is -0.122. The smallest absolute Gasteiger partial charge is 0.341 e. The van der Waals surface area contributed by atoms with Crippen LogP contribution in [0.4, 0.5) is 14.5 Å². The number of piperazine rings is 1. The average Bonchev–Trinajstić information content (AvgIpc) is 3.78. The number of sulfonamides is 1. The zero-order chi connectivity index (χ0) is 31.3. The molecule has 2 N–H and O–H groups in total. The summed E-state index contributed by atoms with van der Waals surface area (Å²) in [4.78, 5) is 33.3. The zero-order valence-electron chi connectivity index (χ0n) is 24.3. The van der Waals surface area contributed by atoms with Gasteiger partial charge in [-0.15, -0.1) is 0 Å². The van der Waals surface area contributed by atoms with E-state index in [-0.39, 0.29) is 46.4 Å². The summed E-state index contributed by atoms with van der Waals surface area (Å²) in [5, 5.41) is 2.68. The van der Waals surface area contributed by atoms with Crippen LogP contribution in [-0.4, -0.2) is 82.3 Å². The molecule has 44 heavy (non-hydrogen) atoms. The molecule has 2 aliphatic rings. The predicted octanol–water partition coefficient (Wildman–Crippen LogP) is 2.81. The maximum Gasteiger partial charge on any atom is 0.341 e. The normalized spacial score (nSPS) is 18.6. The predicted molar refractivity (Wildman–Crippen MR) is 161 cm³/mol. The Morgan fingerprint density at radius 2 is 1.77 bits per heavy atom. The summed E-state index contributed by atoms with van der Waals surface area (Å²) in [7, 11) is -2.42. The number of amides is 1. The molecule has 1 saturated heterocycles. The number of carbonyl (C=O) groups is 2. The number of esters is 1. The highest BCUT2D eigenvalue weighted by molar-refractivity contribution is 7.89. The van der Waals surface area contributed by atoms with Crippen LogP contribution in [0.1, 0.15) is 22.3 Å². The van der Waals surface area contributed by atoms with E-state index >= 15 is 0 Å². The average molecular weight is 628 g/mol. The summed E-state index contributed by atoms with van der Waals surface area (Å²) in [6, 6.07) is 12.1. The van der Waals surface area contributed by atoms with E-state index in [9.17, 15) is 26.8 Å². The van der Waals surface area contributed by atoms with Crippen LogP contribution in [0.2, 0.25) is 0 Å². The minimum atomic E-state index is -3.55. The van der Waals surface area contributed by atoms with Gasteiger partial charge in [-0.05, 0) is 47.7 Å². The van der Waals surface area contributed by atoms with Gasteiger partial charge in [-0.25, -0.2) is 26.7 Å². The van der Waals surface area contributed by atoms with Gasteiger partial charge in [-0.2, -0.15) is 0 Å². The number of hydrogen-bond donors (Lipinski definition) is 2. The number of rotatable bonds is 12. The number of halogens is 2. The quantitative estimate of drug-likeness (QED) is 0.294. The van der Waals surface area contributed by atoms with Gasteiger partial charge in [0, 0.05) is 75.4 Å². The highest BCUT2D eigenvalue weighted by Crippen LogP contribution is 2.39. The fourth-order valence-electron chi connectivity index (χ4n) is 5.48. The fraction of sp³-hybridized carbons (Fsp3) is 0.387. The Morgan fingerprint density at radius 3 is 2.48 bits per heavy atom. The lowest BCUT2D eigenvalue weighted by Crippen LogP contribution is -2.48. The van der Waals surface area contributed by atoms with Crippen molar-refractivity contribution in [2.24, 2.45) is 11.8 Å². The molecule has 1 aliphatic carbocycles. The number of benzene rings is 2. The Labute approximate surface area is 255 Å². The maximum absolute atomic E-state index is 14.9. The highest BCUT2D eigenvalue weighted by atomic mass is 32.2. The first-order chi connectivity index (χ1) is 21.1. The summed E-state index contributed by atoms with van der Waals surface area (Å²) in [5.41, 5.74) is 1.50. The summed E-state index contributed by atoms with van der Waals surface area (Å²) < 4.78 is 61.8. The first-order valence-electron chi connectivity index (χ1n) is 14.4. The molecular weight excluding hydrogens is 592 g/mol. The van der Waals surface area contributed by atoms with E-state index in [1.807, 2.05) is 12.1 Å². The first-order valence-corrected chi connectivity index (χ1v) is 16.1. The molecule has 1 aromatic heterocycles. The largest absolute Gasteiger partial charge is 0.465 e. The molecule has 2 heterocycles. The Bertz CT molecular complexity index is 1600. The third kappa shape index (κ3) is 7.76. The maximum atomic E-state index is 14.9. The molecule has 0 radical (unpaired) electrons. The molecular formula is C31H35F2N5O5S. The number of nitrogens with one attached hydrogen (secondary N) is 2. The number of methoxy groups -OCH3 is 1. The third-order valence-electron chi connectivity index (χ3n) is 8.06. The molecule has 1 amide bonds. The fourth-order valence-corrected chi connectivity index (χ4v) is 6.94. The lowest BCUT2D eigenvalue weighted by Gasteiger charge is -2.36. The van der Waals surface area contributed by atoms with E-state index in [2.05, 4.69) is 29.6 Å². The standard InChI is InChI=1S/C31H35F2N5O5S/c1-43-31(40)29-25(3-2-4-27(29)32)21-5-6-22(28(33)18-21)19-35-30(39)26-17-23(26)20-44(41,42)36-11-12-37-13-15-38(16-14-37)24-7-9-34-10-8-24/h2-10,18,23,26,36H,11-17,19-20H2,1H3,(H,35,39). The van der Waals surface area contributed by atoms with E-state index in [1.54, 1.807) is 12.4 Å². The van der Waals surface area contributed by atoms with Gasteiger partial charge in [-0.1, -0.05) is 24.3 Å². The molecule has 2 aromatic carbocycles. The number of hydrogen-bond acceptors (Lipinski definition) is 8. The molecule has 0 bridgehead atoms. The van der Waals surface area contributed by atoms with Crippen molar-refractivity contribution in [1.82, 2.24) is 19.9 Å². The molecule has 3 aromatic rings. The summed E-state index contributed by atoms with van der Waals surface area (Å²) in [6.45, 7) is 4.18. The van der Waals surface area contributed by atoms with E-state index in [0.29, 0.717) is 19.5 Å². The van der Waals surface area contributed by atoms with Crippen molar-refractivity contribution < 1.29 is 31.5 Å². The number of ether oxygens (including phenoxy) is 1. The van der Waals surface area contributed by atoms with E-state index in [1.165, 1.54) is 30.3 Å². The van der Waals surface area contributed by atoms with Gasteiger partial charge in [0.1, 0.15) is 17.2 Å². The molecule has 10 nitrogen and oxygen atoms in total. The van der Waals surface area contributed by atoms with Crippen molar-refractivity contribution in [1.29, 1.82) is 0 Å². The molecule has 2 fully saturated rings. The second kappa shape index (κ2) is 13.8. The van der Waals surface area contributed by atoms with Crippen LogP contribution in [0.3, 0.4) is 0 Å². The number of carbonyl (C=O) groups excluding carboxylic acids is 2. The topological polar surface area (TPSA) is 121 Å². The van der Waals surface area contributed by atoms with Gasteiger partial charge >= 0.3 is 5.97 Å². The van der Waals surface area contributed by atoms with Crippen molar-refractivity contribution in [3.63, 3.8) is 0 Å². The van der Waals surface area contributed by atoms with E-state index in [0.717, 1.165) is 45.0 Å². The van der Waals surface area contributed by atoms with Crippen LogP contribution in [0.15, 0.2) is 60.9 Å². The number of nitrogens with zero attached hydrogens (tertiary/aromatic N) is 3. The molecule has 13 heteroatoms. The van der Waals surface area contributed by atoms with Gasteiger partial charge < -0.3 is 15.0 Å². The van der Waals surface area contributed by atoms with E-state index < -0.39 is 33.5 Å². The Hall–Kier alpha value is -3.94. The Balaban J connectivity index is 1.05. The minimum Gasteiger partial charge on any atom is -0.465 e. The lowest BCUT2D eigenvalue weighted by atomic mass is 9.98. The molecule has 0 spiro atoms. The van der Waals surface area contributed by atoms with Gasteiger partial charge in [0.25, 0.3) is 0 Å². The van der Waals surface area contributed by atoms with Crippen molar-refractivity contribution in [3.05, 3.63) is 83.7 Å². The summed E-state index contributed by atoms with van der Waals surface area (Å²) in [5.74, 6) is -3.52. The van der Waals surface area contributed by atoms with Crippen molar-refractivity contribution in [2.45, 2.75) is 13.0 Å². The molecule has 2 atom stereocenters. The third-order valence-corrected chi connectivity index (χ3v) is 9.57. The SMILES string of the molecule is COC(=O)c1c(F)cccc1-c1ccc(CNC(=O)C2CC2CS(=O)(=O)NCCN2CCN(c3ccncc3)CC2)c(F)c1. The van der Waals surface area contributed by atoms with Gasteiger partial charge in [-0.3, -0.25) is 14.7 Å². The van der Waals surface area contributed by atoms with Crippen LogP contribution >= 0.6 is 0 Å². The summed E-state index contributed by atoms with van der Waals surface area (Å²) in [6.07, 6.45) is 3.98. The molecule has 234 valence electrons. The van der Waals surface area contributed by atoms with Crippen LogP contribution in [0.25, 0.3) is 11.1 Å². The zero-order valence-corrected chi connectivity index (χ0v) is 25.2. The van der Waals surface area contributed by atoms with Crippen molar-refractivity contribution in [3.8, 4) is 11.1 Å². The van der Waals surface area contributed by atoms with Gasteiger partial charge in [0.15, 0.2) is 0 Å².